The van der Waals surface area contributed by atoms with Crippen molar-refractivity contribution < 1.29 is 14.0 Å². The van der Waals surface area contributed by atoms with Crippen molar-refractivity contribution in [1.82, 2.24) is 9.88 Å². The second-order valence-electron chi connectivity index (χ2n) is 7.43. The largest absolute Gasteiger partial charge is 0.423 e. The van der Waals surface area contributed by atoms with Crippen molar-refractivity contribution in [2.24, 2.45) is 5.92 Å². The molecule has 7 nitrogen and oxygen atoms in total. The number of rotatable bonds is 4. The topological polar surface area (TPSA) is 92.5 Å². The summed E-state index contributed by atoms with van der Waals surface area (Å²) >= 11 is 0. The molecule has 1 unspecified atom stereocenters. The number of nitrogens with one attached hydrogen (secondary N) is 1. The van der Waals surface area contributed by atoms with Gasteiger partial charge in [-0.05, 0) is 54.8 Å². The number of anilines is 1. The normalized spacial score (nSPS) is 16.4. The van der Waals surface area contributed by atoms with E-state index in [-0.39, 0.29) is 18.2 Å². The zero-order chi connectivity index (χ0) is 20.5. The first-order valence-electron chi connectivity index (χ1n) is 9.43. The van der Waals surface area contributed by atoms with E-state index < -0.39 is 11.5 Å². The summed E-state index contributed by atoms with van der Waals surface area (Å²) in [5, 5.41) is 3.71. The van der Waals surface area contributed by atoms with Gasteiger partial charge in [0.25, 0.3) is 0 Å². The first-order chi connectivity index (χ1) is 13.9. The van der Waals surface area contributed by atoms with Crippen LogP contribution in [-0.2, 0) is 16.1 Å². The molecule has 1 aliphatic rings. The van der Waals surface area contributed by atoms with Crippen LogP contribution in [0.5, 0.6) is 0 Å². The van der Waals surface area contributed by atoms with Gasteiger partial charge in [0, 0.05) is 49.0 Å². The van der Waals surface area contributed by atoms with Crippen molar-refractivity contribution in [2.45, 2.75) is 26.8 Å². The Kier molecular flexibility index (Phi) is 4.88. The van der Waals surface area contributed by atoms with Gasteiger partial charge < -0.3 is 14.6 Å². The second-order valence-corrected chi connectivity index (χ2v) is 7.43. The van der Waals surface area contributed by atoms with Gasteiger partial charge in [0.1, 0.15) is 5.58 Å². The fourth-order valence-corrected chi connectivity index (χ4v) is 3.65. The number of hydrogen-bond acceptors (Lipinski definition) is 5. The van der Waals surface area contributed by atoms with Gasteiger partial charge in [0.15, 0.2) is 0 Å². The number of benzene rings is 1. The third kappa shape index (κ3) is 3.89. The molecule has 1 fully saturated rings. The average molecular weight is 391 g/mol. The van der Waals surface area contributed by atoms with E-state index in [2.05, 4.69) is 10.3 Å². The average Bonchev–Trinajstić information content (AvgIpc) is 3.04. The number of fused-ring (bicyclic) bond motifs is 1. The molecule has 1 saturated heterocycles. The molecule has 1 aromatic carbocycles. The molecule has 4 rings (SSSR count). The Morgan fingerprint density at radius 3 is 2.69 bits per heavy atom. The first-order valence-corrected chi connectivity index (χ1v) is 9.43. The van der Waals surface area contributed by atoms with Gasteiger partial charge in [0.2, 0.25) is 11.8 Å². The molecular formula is C22H21N3O4. The number of carbonyl (C=O) groups is 2. The maximum Gasteiger partial charge on any atom is 0.336 e. The fourth-order valence-electron chi connectivity index (χ4n) is 3.65. The Morgan fingerprint density at radius 2 is 1.93 bits per heavy atom. The minimum atomic E-state index is -0.408. The van der Waals surface area contributed by atoms with Crippen LogP contribution in [0.15, 0.2) is 51.9 Å². The number of carbonyl (C=O) groups excluding carboxylic acids is 2. The van der Waals surface area contributed by atoms with E-state index in [1.54, 1.807) is 23.4 Å². The summed E-state index contributed by atoms with van der Waals surface area (Å²) < 4.78 is 5.24. The standard InChI is InChI=1S/C22H21N3O4/c1-13-8-21(27)29-19-7-14(2)18(10-17(13)19)24-22(28)16-9-20(26)25(12-16)11-15-3-5-23-6-4-15/h3-8,10,16H,9,11-12H2,1-2H3,(H,24,28). The quantitative estimate of drug-likeness (QED) is 0.691. The summed E-state index contributed by atoms with van der Waals surface area (Å²) in [5.74, 6) is -0.628. The Balaban J connectivity index is 1.50. The summed E-state index contributed by atoms with van der Waals surface area (Å²) in [4.78, 5) is 42.4. The Bertz CT molecular complexity index is 1150. The van der Waals surface area contributed by atoms with E-state index in [1.807, 2.05) is 32.0 Å². The summed E-state index contributed by atoms with van der Waals surface area (Å²) in [5.41, 5.74) is 3.30. The van der Waals surface area contributed by atoms with Gasteiger partial charge in [-0.1, -0.05) is 0 Å². The third-order valence-corrected chi connectivity index (χ3v) is 5.26. The van der Waals surface area contributed by atoms with Crippen LogP contribution in [0.25, 0.3) is 11.0 Å². The number of amides is 2. The number of hydrogen-bond donors (Lipinski definition) is 1. The van der Waals surface area contributed by atoms with Gasteiger partial charge >= 0.3 is 5.63 Å². The summed E-state index contributed by atoms with van der Waals surface area (Å²) in [6.07, 6.45) is 3.57. The lowest BCUT2D eigenvalue weighted by molar-refractivity contribution is -0.128. The maximum absolute atomic E-state index is 12.8. The van der Waals surface area contributed by atoms with Crippen molar-refractivity contribution in [1.29, 1.82) is 0 Å². The zero-order valence-corrected chi connectivity index (χ0v) is 16.3. The zero-order valence-electron chi connectivity index (χ0n) is 16.3. The number of aromatic nitrogens is 1. The van der Waals surface area contributed by atoms with Crippen molar-refractivity contribution in [2.75, 3.05) is 11.9 Å². The van der Waals surface area contributed by atoms with Crippen LogP contribution in [0, 0.1) is 19.8 Å². The van der Waals surface area contributed by atoms with Crippen molar-refractivity contribution in [3.63, 3.8) is 0 Å². The minimum absolute atomic E-state index is 0.0326. The summed E-state index contributed by atoms with van der Waals surface area (Å²) in [6, 6.07) is 8.71. The van der Waals surface area contributed by atoms with E-state index in [0.29, 0.717) is 24.4 Å². The molecule has 0 bridgehead atoms. The van der Waals surface area contributed by atoms with Crippen LogP contribution in [-0.4, -0.2) is 28.2 Å². The van der Waals surface area contributed by atoms with Crippen molar-refractivity contribution >= 4 is 28.5 Å². The lowest BCUT2D eigenvalue weighted by Crippen LogP contribution is -2.28. The molecule has 0 aliphatic carbocycles. The highest BCUT2D eigenvalue weighted by Gasteiger charge is 2.34. The van der Waals surface area contributed by atoms with Gasteiger partial charge in [-0.15, -0.1) is 0 Å². The molecule has 2 amide bonds. The van der Waals surface area contributed by atoms with Gasteiger partial charge in [-0.3, -0.25) is 14.6 Å². The molecule has 0 spiro atoms. The number of nitrogens with zero attached hydrogens (tertiary/aromatic N) is 2. The SMILES string of the molecule is Cc1cc2oc(=O)cc(C)c2cc1NC(=O)C1CC(=O)N(Cc2ccncc2)C1. The molecule has 3 heterocycles. The molecule has 2 aromatic heterocycles. The van der Waals surface area contributed by atoms with Crippen LogP contribution >= 0.6 is 0 Å². The molecule has 0 radical (unpaired) electrons. The fraction of sp³-hybridized carbons (Fsp3) is 0.273. The molecular weight excluding hydrogens is 370 g/mol. The van der Waals surface area contributed by atoms with Gasteiger partial charge in [0.05, 0.1) is 5.92 Å². The summed E-state index contributed by atoms with van der Waals surface area (Å²) in [6.45, 7) is 4.52. The van der Waals surface area contributed by atoms with Crippen LogP contribution in [0.2, 0.25) is 0 Å². The van der Waals surface area contributed by atoms with Crippen molar-refractivity contribution in [3.8, 4) is 0 Å². The van der Waals surface area contributed by atoms with Crippen LogP contribution in [0.1, 0.15) is 23.1 Å². The molecule has 1 aliphatic heterocycles. The number of likely N-dealkylation sites (tertiary alicyclic amines) is 1. The third-order valence-electron chi connectivity index (χ3n) is 5.26. The van der Waals surface area contributed by atoms with Gasteiger partial charge in [-0.25, -0.2) is 4.79 Å². The molecule has 1 N–H and O–H groups in total. The number of aryl methyl sites for hydroxylation is 2. The van der Waals surface area contributed by atoms with E-state index >= 15 is 0 Å². The van der Waals surface area contributed by atoms with E-state index in [9.17, 15) is 14.4 Å². The molecule has 3 aromatic rings. The number of pyridine rings is 1. The molecule has 0 saturated carbocycles. The second kappa shape index (κ2) is 7.50. The Morgan fingerprint density at radius 1 is 1.17 bits per heavy atom. The predicted molar refractivity (Wildman–Crippen MR) is 108 cm³/mol. The molecule has 1 atom stereocenters. The smallest absolute Gasteiger partial charge is 0.336 e. The van der Waals surface area contributed by atoms with E-state index in [1.165, 1.54) is 6.07 Å². The lowest BCUT2D eigenvalue weighted by Gasteiger charge is -2.17. The maximum atomic E-state index is 12.8. The monoisotopic (exact) mass is 391 g/mol. The Labute approximate surface area is 167 Å². The highest BCUT2D eigenvalue weighted by molar-refractivity contribution is 5.99. The van der Waals surface area contributed by atoms with E-state index in [0.717, 1.165) is 22.1 Å². The first kappa shape index (κ1) is 18.9. The predicted octanol–water partition coefficient (Wildman–Crippen LogP) is 2.79. The minimum Gasteiger partial charge on any atom is -0.423 e. The highest BCUT2D eigenvalue weighted by Crippen LogP contribution is 2.27. The molecule has 7 heteroatoms. The van der Waals surface area contributed by atoms with Crippen LogP contribution < -0.4 is 10.9 Å². The summed E-state index contributed by atoms with van der Waals surface area (Å²) in [7, 11) is 0. The highest BCUT2D eigenvalue weighted by atomic mass is 16.4. The van der Waals surface area contributed by atoms with Crippen LogP contribution in [0.4, 0.5) is 5.69 Å². The van der Waals surface area contributed by atoms with Crippen LogP contribution in [0.3, 0.4) is 0 Å². The molecule has 29 heavy (non-hydrogen) atoms. The molecule has 148 valence electrons. The van der Waals surface area contributed by atoms with Crippen molar-refractivity contribution in [3.05, 3.63) is 69.8 Å². The Hall–Kier alpha value is -3.48. The van der Waals surface area contributed by atoms with E-state index in [4.69, 9.17) is 4.42 Å². The van der Waals surface area contributed by atoms with Gasteiger partial charge in [-0.2, -0.15) is 0 Å². The lowest BCUT2D eigenvalue weighted by atomic mass is 10.0.